The highest BCUT2D eigenvalue weighted by Crippen LogP contribution is 2.21. The maximum absolute atomic E-state index is 5.94. The van der Waals surface area contributed by atoms with E-state index in [2.05, 4.69) is 63.8 Å². The van der Waals surface area contributed by atoms with Gasteiger partial charge < -0.3 is 23.0 Å². The highest BCUT2D eigenvalue weighted by molar-refractivity contribution is 5.58. The minimum atomic E-state index is 0. The number of hydrogen-bond donors (Lipinski definition) is 1. The van der Waals surface area contributed by atoms with Gasteiger partial charge in [0.15, 0.2) is 0 Å². The van der Waals surface area contributed by atoms with Crippen LogP contribution in [0.1, 0.15) is 12.0 Å². The third-order valence-corrected chi connectivity index (χ3v) is 4.71. The number of aromatic nitrogens is 2. The Morgan fingerprint density at radius 3 is 2.67 bits per heavy atom. The van der Waals surface area contributed by atoms with Crippen molar-refractivity contribution in [2.45, 2.75) is 19.9 Å². The molecule has 2 N–H and O–H groups in total. The fourth-order valence-electron chi connectivity index (χ4n) is 3.20. The summed E-state index contributed by atoms with van der Waals surface area (Å²) >= 11 is 0. The zero-order chi connectivity index (χ0) is 16.2. The summed E-state index contributed by atoms with van der Waals surface area (Å²) in [5.41, 5.74) is 9.29. The number of aryl methyl sites for hydroxylation is 2. The van der Waals surface area contributed by atoms with Crippen molar-refractivity contribution in [2.24, 2.45) is 7.05 Å². The molecule has 0 saturated carbocycles. The molecule has 0 unspecified atom stereocenters. The smallest absolute Gasteiger partial charge is 0.243 e. The second-order valence-corrected chi connectivity index (χ2v) is 6.54. The van der Waals surface area contributed by atoms with Crippen molar-refractivity contribution >= 4 is 11.4 Å². The van der Waals surface area contributed by atoms with Gasteiger partial charge in [-0.25, -0.2) is 9.13 Å². The molecule has 1 aromatic heterocycles. The molecule has 0 atom stereocenters. The maximum atomic E-state index is 5.94. The number of hydrogen-bond acceptors (Lipinski definition) is 3. The van der Waals surface area contributed by atoms with E-state index in [9.17, 15) is 0 Å². The minimum absolute atomic E-state index is 0. The molecule has 24 heavy (non-hydrogen) atoms. The Labute approximate surface area is 151 Å². The molecule has 2 heterocycles. The molecular weight excluding hydrogens is 322 g/mol. The molecule has 132 valence electrons. The Kier molecular flexibility index (Phi) is 6.52. The van der Waals surface area contributed by atoms with Crippen molar-refractivity contribution < 1.29 is 17.0 Å². The van der Waals surface area contributed by atoms with Crippen LogP contribution in [0.5, 0.6) is 0 Å². The van der Waals surface area contributed by atoms with E-state index in [-0.39, 0.29) is 12.4 Å². The number of halogens is 1. The van der Waals surface area contributed by atoms with Crippen LogP contribution in [-0.4, -0.2) is 42.2 Å². The van der Waals surface area contributed by atoms with Gasteiger partial charge in [-0.1, -0.05) is 0 Å². The van der Waals surface area contributed by atoms with Gasteiger partial charge in [-0.15, -0.1) is 0 Å². The Morgan fingerprint density at radius 1 is 1.12 bits per heavy atom. The molecule has 2 aromatic rings. The second-order valence-electron chi connectivity index (χ2n) is 6.54. The van der Waals surface area contributed by atoms with Crippen LogP contribution in [0.3, 0.4) is 0 Å². The lowest BCUT2D eigenvalue weighted by molar-refractivity contribution is -0.671. The number of anilines is 2. The number of nitrogen functional groups attached to an aromatic ring is 1. The Balaban J connectivity index is 0.00000208. The number of imidazole rings is 1. The van der Waals surface area contributed by atoms with Gasteiger partial charge in [0.1, 0.15) is 18.9 Å². The van der Waals surface area contributed by atoms with Crippen molar-refractivity contribution in [1.29, 1.82) is 0 Å². The fraction of sp³-hybridized carbons (Fsp3) is 0.500. The lowest BCUT2D eigenvalue weighted by Gasteiger charge is -2.24. The van der Waals surface area contributed by atoms with Gasteiger partial charge in [0.05, 0.1) is 7.05 Å². The first-order valence-electron chi connectivity index (χ1n) is 8.46. The molecule has 1 saturated heterocycles. The molecule has 1 aliphatic heterocycles. The molecule has 1 aliphatic rings. The van der Waals surface area contributed by atoms with E-state index in [0.717, 1.165) is 38.4 Å². The van der Waals surface area contributed by atoms with Crippen molar-refractivity contribution in [2.75, 3.05) is 43.4 Å². The zero-order valence-corrected chi connectivity index (χ0v) is 15.4. The molecule has 3 rings (SSSR count). The van der Waals surface area contributed by atoms with Crippen LogP contribution in [0.4, 0.5) is 11.4 Å². The van der Waals surface area contributed by atoms with E-state index in [1.807, 2.05) is 6.07 Å². The average Bonchev–Trinajstić information content (AvgIpc) is 2.81. The van der Waals surface area contributed by atoms with Crippen molar-refractivity contribution in [1.82, 2.24) is 9.47 Å². The van der Waals surface area contributed by atoms with Crippen LogP contribution in [0, 0.1) is 6.92 Å². The highest BCUT2D eigenvalue weighted by atomic mass is 35.5. The molecule has 0 aliphatic carbocycles. The van der Waals surface area contributed by atoms with Gasteiger partial charge in [0.2, 0.25) is 6.33 Å². The van der Waals surface area contributed by atoms with Gasteiger partial charge in [-0.05, 0) is 37.1 Å². The molecule has 0 radical (unpaired) electrons. The predicted octanol–water partition coefficient (Wildman–Crippen LogP) is -1.58. The third kappa shape index (κ3) is 4.65. The summed E-state index contributed by atoms with van der Waals surface area (Å²) in [7, 11) is 2.06. The monoisotopic (exact) mass is 349 g/mol. The van der Waals surface area contributed by atoms with Crippen LogP contribution in [0.2, 0.25) is 0 Å². The van der Waals surface area contributed by atoms with Gasteiger partial charge in [0, 0.05) is 44.1 Å². The van der Waals surface area contributed by atoms with Gasteiger partial charge >= 0.3 is 0 Å². The second kappa shape index (κ2) is 8.40. The van der Waals surface area contributed by atoms with Crippen molar-refractivity contribution in [3.05, 3.63) is 42.5 Å². The number of benzene rings is 1. The predicted molar refractivity (Wildman–Crippen MR) is 94.5 cm³/mol. The average molecular weight is 350 g/mol. The molecule has 0 amide bonds. The Bertz CT molecular complexity index is 655. The summed E-state index contributed by atoms with van der Waals surface area (Å²) in [6.07, 6.45) is 7.58. The Morgan fingerprint density at radius 2 is 1.96 bits per heavy atom. The summed E-state index contributed by atoms with van der Waals surface area (Å²) in [6.45, 7) is 8.76. The summed E-state index contributed by atoms with van der Waals surface area (Å²) in [5, 5.41) is 0. The van der Waals surface area contributed by atoms with Crippen LogP contribution in [0.15, 0.2) is 36.9 Å². The van der Waals surface area contributed by atoms with Crippen LogP contribution in [0.25, 0.3) is 0 Å². The van der Waals surface area contributed by atoms with Crippen LogP contribution >= 0.6 is 0 Å². The van der Waals surface area contributed by atoms with Gasteiger partial charge in [0.25, 0.3) is 0 Å². The number of nitrogens with two attached hydrogens (primary N) is 1. The van der Waals surface area contributed by atoms with Crippen molar-refractivity contribution in [3.8, 4) is 0 Å². The third-order valence-electron chi connectivity index (χ3n) is 4.71. The quantitative estimate of drug-likeness (QED) is 0.535. The number of rotatable bonds is 4. The largest absolute Gasteiger partial charge is 1.00 e. The first-order valence-corrected chi connectivity index (χ1v) is 8.46. The van der Waals surface area contributed by atoms with E-state index < -0.39 is 0 Å². The van der Waals surface area contributed by atoms with E-state index in [1.165, 1.54) is 24.2 Å². The molecule has 0 spiro atoms. The summed E-state index contributed by atoms with van der Waals surface area (Å²) in [5.74, 6) is 0. The molecule has 5 nitrogen and oxygen atoms in total. The molecule has 6 heteroatoms. The lowest BCUT2D eigenvalue weighted by atomic mass is 10.1. The van der Waals surface area contributed by atoms with Gasteiger partial charge in [-0.2, -0.15) is 0 Å². The summed E-state index contributed by atoms with van der Waals surface area (Å²) < 4.78 is 4.35. The lowest BCUT2D eigenvalue weighted by Crippen LogP contribution is -3.00. The van der Waals surface area contributed by atoms with Crippen molar-refractivity contribution in [3.63, 3.8) is 0 Å². The molecular formula is C18H28ClN5. The summed E-state index contributed by atoms with van der Waals surface area (Å²) in [4.78, 5) is 5.06. The topological polar surface area (TPSA) is 41.3 Å². The Hall–Kier alpha value is -1.72. The zero-order valence-electron chi connectivity index (χ0n) is 14.7. The maximum Gasteiger partial charge on any atom is 0.243 e. The fourth-order valence-corrected chi connectivity index (χ4v) is 3.20. The molecule has 1 fully saturated rings. The molecule has 0 bridgehead atoms. The van der Waals surface area contributed by atoms with E-state index in [1.54, 1.807) is 0 Å². The minimum Gasteiger partial charge on any atom is -1.00 e. The normalized spacial score (nSPS) is 15.8. The van der Waals surface area contributed by atoms with E-state index in [4.69, 9.17) is 5.73 Å². The first-order chi connectivity index (χ1) is 11.1. The first kappa shape index (κ1) is 18.6. The van der Waals surface area contributed by atoms with Crippen LogP contribution < -0.4 is 27.6 Å². The standard InChI is InChI=1S/C18H28N5.ClH/c1-16-14-17(4-5-18(16)19)23-7-3-6-21(12-13-23)10-11-22-9-8-20(2)15-22;/h4-5,8-9,14-15H,3,6-7,10-13,19H2,1-2H3;1H/q+1;/p-1. The SMILES string of the molecule is Cc1cc(N2CCCN(CCn3cc[n+](C)c3)CC2)ccc1N.[Cl-]. The summed E-state index contributed by atoms with van der Waals surface area (Å²) in [6, 6.07) is 6.39. The van der Waals surface area contributed by atoms with Gasteiger partial charge in [-0.3, -0.25) is 4.90 Å². The molecule has 1 aromatic carbocycles. The van der Waals surface area contributed by atoms with Crippen LogP contribution in [-0.2, 0) is 13.6 Å². The van der Waals surface area contributed by atoms with E-state index >= 15 is 0 Å². The number of nitrogens with zero attached hydrogens (tertiary/aromatic N) is 4. The van der Waals surface area contributed by atoms with E-state index in [0.29, 0.717) is 0 Å². The highest BCUT2D eigenvalue weighted by Gasteiger charge is 2.16.